The Balaban J connectivity index is 2.20. The summed E-state index contributed by atoms with van der Waals surface area (Å²) < 4.78 is 5.74. The third kappa shape index (κ3) is 4.24. The quantitative estimate of drug-likeness (QED) is 0.110. The molecule has 0 fully saturated rings. The van der Waals surface area contributed by atoms with E-state index in [1.165, 1.54) is 6.07 Å². The van der Waals surface area contributed by atoms with Gasteiger partial charge in [-0.1, -0.05) is 39.8 Å². The molecule has 0 saturated heterocycles. The number of hydrogen-bond acceptors (Lipinski definition) is 8. The van der Waals surface area contributed by atoms with Gasteiger partial charge in [0, 0.05) is 33.0 Å². The summed E-state index contributed by atoms with van der Waals surface area (Å²) in [6.45, 7) is 13.2. The molecule has 8 heteroatoms. The number of ether oxygens (including phenoxy) is 1. The summed E-state index contributed by atoms with van der Waals surface area (Å²) in [6.07, 6.45) is -2.20. The third-order valence-electron chi connectivity index (χ3n) is 7.33. The van der Waals surface area contributed by atoms with Gasteiger partial charge in [0.2, 0.25) is 0 Å². The zero-order chi connectivity index (χ0) is 29.1. The SMILES string of the molecule is CCOc1c(O)cc2c(O)c(-c3c(C)cc4c(C(C)C)c(O)c(O)c(C(O)O)c4c3O)c(C)cc2c1C(C)C. The van der Waals surface area contributed by atoms with Gasteiger partial charge in [0.25, 0.3) is 0 Å². The molecule has 8 nitrogen and oxygen atoms in total. The maximum Gasteiger partial charge on any atom is 0.183 e. The number of rotatable bonds is 6. The lowest BCUT2D eigenvalue weighted by Crippen LogP contribution is -2.03. The van der Waals surface area contributed by atoms with E-state index in [9.17, 15) is 35.7 Å². The number of phenols is 5. The average molecular weight is 537 g/mol. The predicted octanol–water partition coefficient (Wildman–Crippen LogP) is 6.43. The maximum absolute atomic E-state index is 11.7. The first kappa shape index (κ1) is 28.1. The Morgan fingerprint density at radius 3 is 1.67 bits per heavy atom. The second-order valence-corrected chi connectivity index (χ2v) is 10.6. The molecule has 0 amide bonds. The number of aliphatic hydroxyl groups is 2. The number of hydrogen-bond donors (Lipinski definition) is 7. The molecule has 4 aromatic rings. The second kappa shape index (κ2) is 10.0. The van der Waals surface area contributed by atoms with E-state index in [0.717, 1.165) is 5.56 Å². The molecule has 0 aliphatic carbocycles. The van der Waals surface area contributed by atoms with Crippen molar-refractivity contribution >= 4 is 21.5 Å². The molecule has 0 atom stereocenters. The van der Waals surface area contributed by atoms with Gasteiger partial charge in [0.05, 0.1) is 12.2 Å². The summed E-state index contributed by atoms with van der Waals surface area (Å²) in [5, 5.41) is 77.1. The standard InChI is InChI=1S/C31H36O8/c1-8-39-30-19(32)11-17-16(21(30)13(4)5)9-14(6)22(26(17)33)23-15(7)10-18-20(12(2)3)28(35)29(36)25(31(37)38)24(18)27(23)34/h9-13,31-38H,8H2,1-7H3. The van der Waals surface area contributed by atoms with Gasteiger partial charge in [-0.05, 0) is 60.6 Å². The Morgan fingerprint density at radius 2 is 1.15 bits per heavy atom. The molecule has 0 bridgehead atoms. The van der Waals surface area contributed by atoms with Crippen LogP contribution >= 0.6 is 0 Å². The minimum Gasteiger partial charge on any atom is -0.507 e. The third-order valence-corrected chi connectivity index (χ3v) is 7.33. The monoisotopic (exact) mass is 536 g/mol. The Hall–Kier alpha value is -3.88. The van der Waals surface area contributed by atoms with E-state index in [4.69, 9.17) is 4.74 Å². The first-order valence-corrected chi connectivity index (χ1v) is 13.0. The molecule has 0 heterocycles. The molecule has 0 aromatic heterocycles. The number of aryl methyl sites for hydroxylation is 2. The van der Waals surface area contributed by atoms with Crippen LogP contribution in [0.15, 0.2) is 18.2 Å². The van der Waals surface area contributed by atoms with Crippen LogP contribution in [0.25, 0.3) is 32.7 Å². The first-order valence-electron chi connectivity index (χ1n) is 13.0. The van der Waals surface area contributed by atoms with Gasteiger partial charge in [-0.3, -0.25) is 0 Å². The lowest BCUT2D eigenvalue weighted by atomic mass is 9.84. The van der Waals surface area contributed by atoms with Crippen molar-refractivity contribution in [1.82, 2.24) is 0 Å². The lowest BCUT2D eigenvalue weighted by Gasteiger charge is -2.24. The van der Waals surface area contributed by atoms with Crippen molar-refractivity contribution in [3.05, 3.63) is 46.0 Å². The molecule has 0 aliphatic heterocycles. The molecule has 4 rings (SSSR count). The van der Waals surface area contributed by atoms with Crippen LogP contribution in [-0.4, -0.2) is 42.4 Å². The summed E-state index contributed by atoms with van der Waals surface area (Å²) >= 11 is 0. The molecule has 39 heavy (non-hydrogen) atoms. The van der Waals surface area contributed by atoms with Crippen LogP contribution in [-0.2, 0) is 0 Å². The minimum atomic E-state index is -2.20. The first-order chi connectivity index (χ1) is 18.2. The van der Waals surface area contributed by atoms with Crippen LogP contribution in [0.4, 0.5) is 0 Å². The highest BCUT2D eigenvalue weighted by molar-refractivity contribution is 6.07. The van der Waals surface area contributed by atoms with E-state index in [1.54, 1.807) is 33.8 Å². The van der Waals surface area contributed by atoms with E-state index < -0.39 is 23.4 Å². The Kier molecular flexibility index (Phi) is 7.23. The van der Waals surface area contributed by atoms with Crippen LogP contribution in [0.5, 0.6) is 34.5 Å². The van der Waals surface area contributed by atoms with E-state index in [1.807, 2.05) is 26.8 Å². The summed E-state index contributed by atoms with van der Waals surface area (Å²) in [7, 11) is 0. The summed E-state index contributed by atoms with van der Waals surface area (Å²) in [5.74, 6) is -1.87. The zero-order valence-electron chi connectivity index (χ0n) is 23.2. The van der Waals surface area contributed by atoms with E-state index in [-0.39, 0.29) is 45.6 Å². The van der Waals surface area contributed by atoms with Crippen molar-refractivity contribution in [1.29, 1.82) is 0 Å². The van der Waals surface area contributed by atoms with Gasteiger partial charge in [-0.2, -0.15) is 0 Å². The molecular formula is C31H36O8. The molecule has 0 radical (unpaired) electrons. The molecule has 4 aromatic carbocycles. The number of aliphatic hydroxyl groups excluding tert-OH is 1. The molecule has 208 valence electrons. The highest BCUT2D eigenvalue weighted by atomic mass is 16.5. The number of fused-ring (bicyclic) bond motifs is 2. The highest BCUT2D eigenvalue weighted by Gasteiger charge is 2.30. The molecule has 0 saturated carbocycles. The number of phenolic OH excluding ortho intramolecular Hbond substituents is 5. The summed E-state index contributed by atoms with van der Waals surface area (Å²) in [6, 6.07) is 4.98. The second-order valence-electron chi connectivity index (χ2n) is 10.6. The number of aromatic hydroxyl groups is 5. The summed E-state index contributed by atoms with van der Waals surface area (Å²) in [5.41, 5.74) is 2.31. The van der Waals surface area contributed by atoms with Crippen molar-refractivity contribution in [3.8, 4) is 45.6 Å². The van der Waals surface area contributed by atoms with Crippen molar-refractivity contribution in [2.24, 2.45) is 0 Å². The molecule has 0 unspecified atom stereocenters. The van der Waals surface area contributed by atoms with Gasteiger partial charge in [0.1, 0.15) is 11.5 Å². The Morgan fingerprint density at radius 1 is 0.641 bits per heavy atom. The van der Waals surface area contributed by atoms with Gasteiger partial charge < -0.3 is 40.5 Å². The van der Waals surface area contributed by atoms with Crippen LogP contribution in [0.3, 0.4) is 0 Å². The van der Waals surface area contributed by atoms with E-state index in [2.05, 4.69) is 0 Å². The fourth-order valence-corrected chi connectivity index (χ4v) is 5.77. The van der Waals surface area contributed by atoms with Gasteiger partial charge in [-0.15, -0.1) is 0 Å². The fourth-order valence-electron chi connectivity index (χ4n) is 5.77. The van der Waals surface area contributed by atoms with Crippen LogP contribution in [0, 0.1) is 13.8 Å². The number of benzene rings is 4. The smallest absolute Gasteiger partial charge is 0.183 e. The van der Waals surface area contributed by atoms with E-state index in [0.29, 0.717) is 45.2 Å². The normalized spacial score (nSPS) is 12.0. The Bertz CT molecular complexity index is 1620. The minimum absolute atomic E-state index is 0.0408. The lowest BCUT2D eigenvalue weighted by molar-refractivity contribution is -0.0429. The predicted molar refractivity (Wildman–Crippen MR) is 151 cm³/mol. The highest BCUT2D eigenvalue weighted by Crippen LogP contribution is 2.54. The zero-order valence-corrected chi connectivity index (χ0v) is 23.2. The van der Waals surface area contributed by atoms with Crippen LogP contribution < -0.4 is 4.74 Å². The topological polar surface area (TPSA) is 151 Å². The van der Waals surface area contributed by atoms with E-state index >= 15 is 0 Å². The molecule has 0 spiro atoms. The van der Waals surface area contributed by atoms with Crippen molar-refractivity contribution < 1.29 is 40.5 Å². The van der Waals surface area contributed by atoms with Crippen molar-refractivity contribution in [2.75, 3.05) is 6.61 Å². The maximum atomic E-state index is 11.7. The molecule has 0 aliphatic rings. The summed E-state index contributed by atoms with van der Waals surface area (Å²) in [4.78, 5) is 0. The van der Waals surface area contributed by atoms with Crippen molar-refractivity contribution in [2.45, 2.75) is 66.6 Å². The van der Waals surface area contributed by atoms with Gasteiger partial charge in [0.15, 0.2) is 29.3 Å². The van der Waals surface area contributed by atoms with Gasteiger partial charge >= 0.3 is 0 Å². The van der Waals surface area contributed by atoms with Crippen LogP contribution in [0.1, 0.15) is 80.6 Å². The van der Waals surface area contributed by atoms with Crippen LogP contribution in [0.2, 0.25) is 0 Å². The molecule has 7 N–H and O–H groups in total. The van der Waals surface area contributed by atoms with Gasteiger partial charge in [-0.25, -0.2) is 0 Å². The fraction of sp³-hybridized carbons (Fsp3) is 0.355. The molecular weight excluding hydrogens is 500 g/mol. The largest absolute Gasteiger partial charge is 0.507 e. The van der Waals surface area contributed by atoms with Crippen molar-refractivity contribution in [3.63, 3.8) is 0 Å². The Labute approximate surface area is 227 Å². The average Bonchev–Trinajstić information content (AvgIpc) is 2.83.